The molecule has 3 heterocycles. The van der Waals surface area contributed by atoms with Crippen LogP contribution in [0.1, 0.15) is 9.67 Å². The lowest BCUT2D eigenvalue weighted by atomic mass is 10.1. The highest BCUT2D eigenvalue weighted by atomic mass is 35.5. The number of hydrogen-bond acceptors (Lipinski definition) is 6. The van der Waals surface area contributed by atoms with Crippen LogP contribution in [0.15, 0.2) is 12.2 Å². The van der Waals surface area contributed by atoms with Gasteiger partial charge in [0.05, 0.1) is 11.8 Å². The Morgan fingerprint density at radius 3 is 2.88 bits per heavy atom. The van der Waals surface area contributed by atoms with E-state index in [1.165, 1.54) is 11.8 Å². The Hall–Kier alpha value is -1.29. The van der Waals surface area contributed by atoms with Crippen molar-refractivity contribution in [3.05, 3.63) is 27.2 Å². The summed E-state index contributed by atoms with van der Waals surface area (Å²) in [6.07, 6.45) is 3.64. The third-order valence-electron chi connectivity index (χ3n) is 3.69. The van der Waals surface area contributed by atoms with E-state index in [4.69, 9.17) is 23.2 Å². The van der Waals surface area contributed by atoms with E-state index in [1.54, 1.807) is 11.0 Å². The Kier molecular flexibility index (Phi) is 5.88. The van der Waals surface area contributed by atoms with Gasteiger partial charge in [0, 0.05) is 18.8 Å². The molecule has 2 atom stereocenters. The first-order valence-corrected chi connectivity index (χ1v) is 10.1. The van der Waals surface area contributed by atoms with E-state index in [1.807, 2.05) is 6.08 Å². The van der Waals surface area contributed by atoms with E-state index in [2.05, 4.69) is 15.0 Å². The molecule has 1 unspecified atom stereocenters. The van der Waals surface area contributed by atoms with Gasteiger partial charge in [-0.25, -0.2) is 0 Å². The minimum absolute atomic E-state index is 0.109. The van der Waals surface area contributed by atoms with Crippen molar-refractivity contribution in [3.8, 4) is 0 Å². The summed E-state index contributed by atoms with van der Waals surface area (Å²) in [6.45, 7) is 0.716. The standard InChI is InChI=1S/C14H14Cl2N4O3S2/c15-10-11(25-19-12(10)16)14(23)20-3-1-2-7(4-20)17-13(22)8-5-24-6-9(21)18-8/h1-2,7-8H,3-6H2,(H,17,22)(H,18,21)/t7?,8-/m0/s1. The summed E-state index contributed by atoms with van der Waals surface area (Å²) in [4.78, 5) is 38.1. The van der Waals surface area contributed by atoms with Gasteiger partial charge >= 0.3 is 0 Å². The molecule has 1 aromatic rings. The molecule has 1 aromatic heterocycles. The monoisotopic (exact) mass is 420 g/mol. The Balaban J connectivity index is 1.61. The van der Waals surface area contributed by atoms with Gasteiger partial charge in [-0.1, -0.05) is 35.4 Å². The van der Waals surface area contributed by atoms with Crippen molar-refractivity contribution in [1.29, 1.82) is 0 Å². The maximum Gasteiger partial charge on any atom is 0.267 e. The van der Waals surface area contributed by atoms with Crippen molar-refractivity contribution < 1.29 is 14.4 Å². The fourth-order valence-electron chi connectivity index (χ4n) is 2.49. The molecule has 3 amide bonds. The predicted octanol–water partition coefficient (Wildman–Crippen LogP) is 1.18. The third-order valence-corrected chi connectivity index (χ3v) is 6.51. The van der Waals surface area contributed by atoms with Crippen LogP contribution in [-0.4, -0.2) is 63.7 Å². The van der Waals surface area contributed by atoms with Crippen LogP contribution in [0.2, 0.25) is 10.2 Å². The van der Waals surface area contributed by atoms with E-state index in [0.29, 0.717) is 24.6 Å². The Morgan fingerprint density at radius 1 is 1.40 bits per heavy atom. The average molecular weight is 421 g/mol. The van der Waals surface area contributed by atoms with Crippen LogP contribution in [0.4, 0.5) is 0 Å². The number of aromatic nitrogens is 1. The van der Waals surface area contributed by atoms with Crippen LogP contribution >= 0.6 is 46.5 Å². The highest BCUT2D eigenvalue weighted by Crippen LogP contribution is 2.29. The predicted molar refractivity (Wildman–Crippen MR) is 98.4 cm³/mol. The van der Waals surface area contributed by atoms with Crippen LogP contribution in [0.5, 0.6) is 0 Å². The molecule has 7 nitrogen and oxygen atoms in total. The van der Waals surface area contributed by atoms with E-state index in [0.717, 1.165) is 11.5 Å². The second-order valence-corrected chi connectivity index (χ2v) is 8.04. The maximum atomic E-state index is 12.6. The second kappa shape index (κ2) is 7.94. The molecule has 0 aromatic carbocycles. The number of nitrogens with one attached hydrogen (secondary N) is 2. The lowest BCUT2D eigenvalue weighted by Crippen LogP contribution is -2.55. The molecule has 0 aliphatic carbocycles. The van der Waals surface area contributed by atoms with Crippen LogP contribution in [0.25, 0.3) is 0 Å². The number of rotatable bonds is 3. The molecular weight excluding hydrogens is 407 g/mol. The van der Waals surface area contributed by atoms with E-state index >= 15 is 0 Å². The van der Waals surface area contributed by atoms with Gasteiger partial charge in [-0.3, -0.25) is 14.4 Å². The topological polar surface area (TPSA) is 91.4 Å². The number of carbonyl (C=O) groups excluding carboxylic acids is 3. The molecule has 0 radical (unpaired) electrons. The van der Waals surface area contributed by atoms with Gasteiger partial charge in [-0.15, -0.1) is 11.8 Å². The largest absolute Gasteiger partial charge is 0.346 e. The molecule has 0 bridgehead atoms. The Bertz CT molecular complexity index is 740. The maximum absolute atomic E-state index is 12.6. The number of thioether (sulfide) groups is 1. The van der Waals surface area contributed by atoms with Crippen molar-refractivity contribution in [2.75, 3.05) is 24.6 Å². The van der Waals surface area contributed by atoms with Crippen LogP contribution < -0.4 is 10.6 Å². The minimum atomic E-state index is -0.555. The van der Waals surface area contributed by atoms with Crippen LogP contribution in [-0.2, 0) is 9.59 Å². The molecule has 2 aliphatic rings. The van der Waals surface area contributed by atoms with Crippen molar-refractivity contribution in [2.24, 2.45) is 0 Å². The first-order chi connectivity index (χ1) is 12.0. The number of carbonyl (C=O) groups is 3. The van der Waals surface area contributed by atoms with Crippen LogP contribution in [0.3, 0.4) is 0 Å². The van der Waals surface area contributed by atoms with Gasteiger partial charge < -0.3 is 15.5 Å². The highest BCUT2D eigenvalue weighted by molar-refractivity contribution is 8.00. The number of halogens is 2. The first-order valence-electron chi connectivity index (χ1n) is 7.40. The van der Waals surface area contributed by atoms with Gasteiger partial charge in [0.15, 0.2) is 5.15 Å². The van der Waals surface area contributed by atoms with Gasteiger partial charge in [0.25, 0.3) is 5.91 Å². The number of nitrogens with zero attached hydrogens (tertiary/aromatic N) is 2. The molecule has 0 spiro atoms. The smallest absolute Gasteiger partial charge is 0.267 e. The molecule has 0 saturated carbocycles. The summed E-state index contributed by atoms with van der Waals surface area (Å²) in [5.41, 5.74) is 0. The summed E-state index contributed by atoms with van der Waals surface area (Å²) in [7, 11) is 0. The molecule has 2 N–H and O–H groups in total. The Labute approximate surface area is 162 Å². The fraction of sp³-hybridized carbons (Fsp3) is 0.429. The molecule has 2 aliphatic heterocycles. The third kappa shape index (κ3) is 4.28. The zero-order valence-corrected chi connectivity index (χ0v) is 16.0. The van der Waals surface area contributed by atoms with Crippen molar-refractivity contribution in [3.63, 3.8) is 0 Å². The second-order valence-electron chi connectivity index (χ2n) is 5.51. The SMILES string of the molecule is O=C1CSC[C@@H](C(=O)NC2C=CCN(C(=O)c3snc(Cl)c3Cl)C2)N1. The summed E-state index contributed by atoms with van der Waals surface area (Å²) in [6, 6.07) is -0.892. The fourth-order valence-corrected chi connectivity index (χ4v) is 4.53. The van der Waals surface area contributed by atoms with Crippen molar-refractivity contribution in [1.82, 2.24) is 19.9 Å². The number of hydrogen-bond donors (Lipinski definition) is 2. The van der Waals surface area contributed by atoms with Crippen LogP contribution in [0, 0.1) is 0 Å². The molecule has 25 heavy (non-hydrogen) atoms. The lowest BCUT2D eigenvalue weighted by Gasteiger charge is -2.30. The van der Waals surface area contributed by atoms with E-state index in [9.17, 15) is 14.4 Å². The zero-order chi connectivity index (χ0) is 18.0. The summed E-state index contributed by atoms with van der Waals surface area (Å²) < 4.78 is 3.87. The van der Waals surface area contributed by atoms with Gasteiger partial charge in [0.2, 0.25) is 11.8 Å². The van der Waals surface area contributed by atoms with Gasteiger partial charge in [-0.2, -0.15) is 4.37 Å². The van der Waals surface area contributed by atoms with Gasteiger partial charge in [-0.05, 0) is 11.5 Å². The normalized spacial score (nSPS) is 23.3. The van der Waals surface area contributed by atoms with Crippen molar-refractivity contribution >= 4 is 64.2 Å². The molecular formula is C14H14Cl2N4O3S2. The first kappa shape index (κ1) is 18.5. The van der Waals surface area contributed by atoms with E-state index in [-0.39, 0.29) is 38.8 Å². The van der Waals surface area contributed by atoms with Crippen molar-refractivity contribution in [2.45, 2.75) is 12.1 Å². The van der Waals surface area contributed by atoms with Gasteiger partial charge in [0.1, 0.15) is 15.9 Å². The quantitative estimate of drug-likeness (QED) is 0.716. The minimum Gasteiger partial charge on any atom is -0.346 e. The summed E-state index contributed by atoms with van der Waals surface area (Å²) >= 11 is 14.2. The lowest BCUT2D eigenvalue weighted by molar-refractivity contribution is -0.128. The molecule has 11 heteroatoms. The van der Waals surface area contributed by atoms with E-state index < -0.39 is 6.04 Å². The zero-order valence-electron chi connectivity index (χ0n) is 12.8. The summed E-state index contributed by atoms with van der Waals surface area (Å²) in [5, 5.41) is 5.76. The molecule has 3 rings (SSSR count). The number of amides is 3. The molecule has 1 fully saturated rings. The molecule has 1 saturated heterocycles. The summed E-state index contributed by atoms with van der Waals surface area (Å²) in [5.74, 6) is 0.214. The highest BCUT2D eigenvalue weighted by Gasteiger charge is 2.29. The molecule has 134 valence electrons. The Morgan fingerprint density at radius 2 is 2.20 bits per heavy atom. The average Bonchev–Trinajstić information content (AvgIpc) is 2.93.